The molecule has 0 N–H and O–H groups in total. The summed E-state index contributed by atoms with van der Waals surface area (Å²) >= 11 is 7.11. The number of carbonyl (C=O) groups is 1. The first-order valence-electron chi connectivity index (χ1n) is 6.38. The molecule has 1 atom stereocenters. The van der Waals surface area contributed by atoms with Gasteiger partial charge in [0.15, 0.2) is 0 Å². The van der Waals surface area contributed by atoms with Crippen molar-refractivity contribution < 1.29 is 4.79 Å². The van der Waals surface area contributed by atoms with Gasteiger partial charge in [0, 0.05) is 0 Å². The molecule has 0 saturated heterocycles. The number of unbranched alkanes of at least 4 members (excludes halogenated alkanes) is 2. The van der Waals surface area contributed by atoms with E-state index in [1.165, 1.54) is 93.6 Å². The van der Waals surface area contributed by atoms with Crippen LogP contribution in [0.4, 0.5) is 0 Å². The van der Waals surface area contributed by atoms with Crippen molar-refractivity contribution in [3.63, 3.8) is 0 Å². The summed E-state index contributed by atoms with van der Waals surface area (Å²) in [6.45, 7) is 0. The predicted molar refractivity (Wildman–Crippen MR) is 83.8 cm³/mol. The molecular formula is C12H22In2OS2. The topological polar surface area (TPSA) is 17.1 Å². The molecule has 0 saturated carbocycles. The van der Waals surface area contributed by atoms with Crippen LogP contribution < -0.4 is 0 Å². The van der Waals surface area contributed by atoms with Crippen molar-refractivity contribution in [2.24, 2.45) is 0 Å². The van der Waals surface area contributed by atoms with E-state index >= 15 is 0 Å². The standard InChI is InChI=1S/C12H22OS2.2In/c1-3-14-11-9-12(15-4-2)8-6-5-7-10-13;;/h10,12H,1-9,11H2;;. The van der Waals surface area contributed by atoms with Crippen molar-refractivity contribution in [1.29, 1.82) is 0 Å². The quantitative estimate of drug-likeness (QED) is 0.301. The first kappa shape index (κ1) is 19.1. The summed E-state index contributed by atoms with van der Waals surface area (Å²) in [4.78, 5) is 10.3. The molecule has 0 fully saturated rings. The van der Waals surface area contributed by atoms with Crippen LogP contribution >= 0.6 is 23.5 Å². The molecule has 0 aliphatic heterocycles. The fourth-order valence-electron chi connectivity index (χ4n) is 1.55. The first-order valence-corrected chi connectivity index (χ1v) is 13.2. The fourth-order valence-corrected chi connectivity index (χ4v) is 6.20. The Labute approximate surface area is 145 Å². The van der Waals surface area contributed by atoms with E-state index in [1.54, 1.807) is 0 Å². The third kappa shape index (κ3) is 14.3. The summed E-state index contributed by atoms with van der Waals surface area (Å²) in [6.07, 6.45) is 6.83. The van der Waals surface area contributed by atoms with Gasteiger partial charge in [-0.15, -0.1) is 0 Å². The van der Waals surface area contributed by atoms with Crippen LogP contribution in [0, 0.1) is 0 Å². The molecule has 0 rings (SSSR count). The average molecular weight is 476 g/mol. The van der Waals surface area contributed by atoms with E-state index in [-0.39, 0.29) is 0 Å². The summed E-state index contributed by atoms with van der Waals surface area (Å²) in [5, 5.41) is 0.856. The summed E-state index contributed by atoms with van der Waals surface area (Å²) < 4.78 is 2.83. The van der Waals surface area contributed by atoms with Gasteiger partial charge < -0.3 is 0 Å². The Kier molecular flexibility index (Phi) is 18.2. The fraction of sp³-hybridized carbons (Fsp3) is 0.917. The summed E-state index contributed by atoms with van der Waals surface area (Å²) in [7, 11) is 0. The monoisotopic (exact) mass is 476 g/mol. The molecule has 5 heteroatoms. The van der Waals surface area contributed by atoms with Crippen LogP contribution in [0.5, 0.6) is 0 Å². The van der Waals surface area contributed by atoms with Crippen molar-refractivity contribution in [2.75, 3.05) is 17.3 Å². The maximum atomic E-state index is 10.3. The van der Waals surface area contributed by atoms with Gasteiger partial charge in [-0.25, -0.2) is 0 Å². The van der Waals surface area contributed by atoms with Gasteiger partial charge in [0.25, 0.3) is 0 Å². The van der Waals surface area contributed by atoms with E-state index in [4.69, 9.17) is 0 Å². The van der Waals surface area contributed by atoms with E-state index in [0.717, 1.165) is 24.4 Å². The number of aldehydes is 1. The molecule has 0 aliphatic rings. The van der Waals surface area contributed by atoms with E-state index in [9.17, 15) is 4.79 Å². The normalized spacial score (nSPS) is 12.5. The second-order valence-electron chi connectivity index (χ2n) is 3.92. The zero-order valence-electron chi connectivity index (χ0n) is 10.6. The van der Waals surface area contributed by atoms with Gasteiger partial charge in [0.2, 0.25) is 0 Å². The van der Waals surface area contributed by atoms with Gasteiger partial charge in [-0.3, -0.25) is 0 Å². The molecule has 0 aromatic carbocycles. The van der Waals surface area contributed by atoms with Gasteiger partial charge in [-0.05, 0) is 0 Å². The Morgan fingerprint density at radius 3 is 2.41 bits per heavy atom. The molecule has 0 aromatic heterocycles. The van der Waals surface area contributed by atoms with E-state index < -0.39 is 0 Å². The van der Waals surface area contributed by atoms with Crippen molar-refractivity contribution in [1.82, 2.24) is 0 Å². The van der Waals surface area contributed by atoms with Crippen LogP contribution in [0.1, 0.15) is 32.1 Å². The van der Waals surface area contributed by atoms with Crippen molar-refractivity contribution in [3.8, 4) is 0 Å². The Hall–Kier alpha value is 2.11. The second-order valence-corrected chi connectivity index (χ2v) is 9.85. The van der Waals surface area contributed by atoms with Gasteiger partial charge in [-0.2, -0.15) is 0 Å². The van der Waals surface area contributed by atoms with Crippen molar-refractivity contribution in [3.05, 3.63) is 0 Å². The minimum atomic E-state index is 0.757. The number of hydrogen-bond acceptors (Lipinski definition) is 3. The van der Waals surface area contributed by atoms with Crippen LogP contribution in [0.15, 0.2) is 0 Å². The van der Waals surface area contributed by atoms with Crippen LogP contribution in [0.3, 0.4) is 0 Å². The zero-order valence-corrected chi connectivity index (χ0v) is 18.8. The third-order valence-electron chi connectivity index (χ3n) is 2.42. The Morgan fingerprint density at radius 1 is 1.00 bits per heavy atom. The first-order chi connectivity index (χ1) is 8.35. The van der Waals surface area contributed by atoms with Crippen LogP contribution in [0.25, 0.3) is 0 Å². The number of rotatable bonds is 13. The summed E-state index contributed by atoms with van der Waals surface area (Å²) in [6, 6.07) is 0. The number of carbonyl (C=O) groups excluding carboxylic acids is 1. The maximum absolute atomic E-state index is 10.3. The SMILES string of the molecule is O=CCCCCC(CCSC[CH2][In])SC[CH2][In]. The average Bonchev–Trinajstić information content (AvgIpc) is 2.35. The van der Waals surface area contributed by atoms with Crippen LogP contribution in [-0.2, 0) is 4.79 Å². The van der Waals surface area contributed by atoms with E-state index in [1.807, 2.05) is 0 Å². The Morgan fingerprint density at radius 2 is 1.76 bits per heavy atom. The Bertz CT molecular complexity index is 171. The molecule has 0 spiro atoms. The van der Waals surface area contributed by atoms with Crippen molar-refractivity contribution in [2.45, 2.75) is 45.7 Å². The number of hydrogen-bond donors (Lipinski definition) is 0. The third-order valence-corrected chi connectivity index (χ3v) is 8.92. The molecular weight excluding hydrogens is 454 g/mol. The molecule has 1 unspecified atom stereocenters. The predicted octanol–water partition coefficient (Wildman–Crippen LogP) is 3.14. The van der Waals surface area contributed by atoms with Gasteiger partial charge >= 0.3 is 146 Å². The molecule has 94 valence electrons. The van der Waals surface area contributed by atoms with Gasteiger partial charge in [0.05, 0.1) is 0 Å². The number of thioether (sulfide) groups is 2. The van der Waals surface area contributed by atoms with Gasteiger partial charge in [0.1, 0.15) is 0 Å². The van der Waals surface area contributed by atoms with E-state index in [2.05, 4.69) is 23.5 Å². The molecule has 4 radical (unpaired) electrons. The van der Waals surface area contributed by atoms with Crippen LogP contribution in [0.2, 0.25) is 8.35 Å². The van der Waals surface area contributed by atoms with Gasteiger partial charge in [-0.1, -0.05) is 0 Å². The molecule has 17 heavy (non-hydrogen) atoms. The molecule has 0 bridgehead atoms. The molecule has 1 nitrogen and oxygen atoms in total. The zero-order chi connectivity index (χ0) is 12.8. The van der Waals surface area contributed by atoms with Crippen molar-refractivity contribution >= 4 is 78.6 Å². The molecule has 0 amide bonds. The summed E-state index contributed by atoms with van der Waals surface area (Å²) in [5.41, 5.74) is 0. The molecule has 0 aromatic rings. The molecule has 0 heterocycles. The molecule has 0 aliphatic carbocycles. The van der Waals surface area contributed by atoms with Crippen LogP contribution in [-0.4, -0.2) is 77.5 Å². The second kappa shape index (κ2) is 16.2. The summed E-state index contributed by atoms with van der Waals surface area (Å²) in [5.74, 6) is 4.06. The van der Waals surface area contributed by atoms with E-state index in [0.29, 0.717) is 0 Å². The minimum absolute atomic E-state index is 0.757. The Balaban J connectivity index is 3.59.